The fraction of sp³-hybridized carbons (Fsp3) is 0.588. The van der Waals surface area contributed by atoms with Crippen LogP contribution in [-0.2, 0) is 10.2 Å². The number of anilines is 1. The van der Waals surface area contributed by atoms with Gasteiger partial charge in [-0.05, 0) is 43.4 Å². The summed E-state index contributed by atoms with van der Waals surface area (Å²) in [5.41, 5.74) is 9.14. The fourth-order valence-corrected chi connectivity index (χ4v) is 2.86. The molecule has 1 unspecified atom stereocenters. The normalized spacial score (nSPS) is 19.1. The van der Waals surface area contributed by atoms with Crippen molar-refractivity contribution in [2.45, 2.75) is 53.0 Å². The van der Waals surface area contributed by atoms with Gasteiger partial charge in [0.2, 0.25) is 5.91 Å². The van der Waals surface area contributed by atoms with Gasteiger partial charge < -0.3 is 10.6 Å². The van der Waals surface area contributed by atoms with Gasteiger partial charge in [0, 0.05) is 18.3 Å². The molecule has 3 heteroatoms. The van der Waals surface area contributed by atoms with E-state index in [4.69, 9.17) is 5.73 Å². The summed E-state index contributed by atoms with van der Waals surface area (Å²) < 4.78 is 0. The van der Waals surface area contributed by atoms with Crippen LogP contribution in [0.1, 0.15) is 58.7 Å². The van der Waals surface area contributed by atoms with E-state index >= 15 is 0 Å². The zero-order valence-corrected chi connectivity index (χ0v) is 13.4. The van der Waals surface area contributed by atoms with E-state index in [2.05, 4.69) is 32.9 Å². The summed E-state index contributed by atoms with van der Waals surface area (Å²) in [5.74, 6) is 0.177. The molecule has 1 amide bonds. The van der Waals surface area contributed by atoms with E-state index in [1.54, 1.807) is 0 Å². The van der Waals surface area contributed by atoms with Crippen LogP contribution in [0, 0.1) is 5.41 Å². The second-order valence-corrected chi connectivity index (χ2v) is 7.29. The maximum absolute atomic E-state index is 12.5. The van der Waals surface area contributed by atoms with E-state index in [1.807, 2.05) is 31.7 Å². The minimum Gasteiger partial charge on any atom is -0.324 e. The molecule has 0 fully saturated rings. The molecule has 0 aliphatic carbocycles. The van der Waals surface area contributed by atoms with Gasteiger partial charge in [-0.3, -0.25) is 4.79 Å². The minimum atomic E-state index is -0.459. The Hall–Kier alpha value is -1.35. The largest absolute Gasteiger partial charge is 0.324 e. The summed E-state index contributed by atoms with van der Waals surface area (Å²) in [5, 5.41) is 0. The number of nitrogens with zero attached hydrogens (tertiary/aromatic N) is 1. The molecule has 0 aromatic heterocycles. The maximum atomic E-state index is 12.5. The number of hydrogen-bond acceptors (Lipinski definition) is 2. The Kier molecular flexibility index (Phi) is 3.45. The first-order valence-electron chi connectivity index (χ1n) is 7.32. The van der Waals surface area contributed by atoms with Crippen LogP contribution >= 0.6 is 0 Å². The molecule has 1 aliphatic heterocycles. The molecule has 0 saturated carbocycles. The number of fused-ring (bicyclic) bond motifs is 1. The van der Waals surface area contributed by atoms with Crippen molar-refractivity contribution in [2.75, 3.05) is 11.4 Å². The van der Waals surface area contributed by atoms with E-state index in [-0.39, 0.29) is 17.4 Å². The van der Waals surface area contributed by atoms with Crippen molar-refractivity contribution in [2.24, 2.45) is 11.1 Å². The van der Waals surface area contributed by atoms with Gasteiger partial charge in [0.1, 0.15) is 0 Å². The molecule has 2 rings (SSSR count). The molecule has 0 spiro atoms. The van der Waals surface area contributed by atoms with E-state index in [0.29, 0.717) is 6.54 Å². The molecular formula is C17H26N2O. The topological polar surface area (TPSA) is 46.3 Å². The van der Waals surface area contributed by atoms with Gasteiger partial charge in [-0.2, -0.15) is 0 Å². The summed E-state index contributed by atoms with van der Waals surface area (Å²) >= 11 is 0. The SMILES string of the molecule is CCN1C(=O)C(C)(C)c2cc(C(N)C(C)(C)C)ccc21. The molecule has 20 heavy (non-hydrogen) atoms. The number of carbonyl (C=O) groups is 1. The molecule has 1 aromatic rings. The first-order valence-corrected chi connectivity index (χ1v) is 7.32. The monoisotopic (exact) mass is 274 g/mol. The van der Waals surface area contributed by atoms with Gasteiger partial charge in [0.25, 0.3) is 0 Å². The minimum absolute atomic E-state index is 0.00539. The molecule has 2 N–H and O–H groups in total. The third-order valence-electron chi connectivity index (χ3n) is 4.37. The van der Waals surface area contributed by atoms with Crippen LogP contribution in [0.4, 0.5) is 5.69 Å². The average molecular weight is 274 g/mol. The average Bonchev–Trinajstić information content (AvgIpc) is 2.55. The second-order valence-electron chi connectivity index (χ2n) is 7.29. The van der Waals surface area contributed by atoms with Crippen LogP contribution in [0.25, 0.3) is 0 Å². The highest BCUT2D eigenvalue weighted by molar-refractivity contribution is 6.07. The number of hydrogen-bond donors (Lipinski definition) is 1. The van der Waals surface area contributed by atoms with Crippen molar-refractivity contribution in [1.29, 1.82) is 0 Å². The van der Waals surface area contributed by atoms with Crippen LogP contribution in [0.3, 0.4) is 0 Å². The number of amides is 1. The zero-order valence-electron chi connectivity index (χ0n) is 13.4. The molecule has 0 radical (unpaired) electrons. The highest BCUT2D eigenvalue weighted by Crippen LogP contribution is 2.43. The molecular weight excluding hydrogens is 248 g/mol. The molecule has 0 bridgehead atoms. The van der Waals surface area contributed by atoms with Crippen LogP contribution in [0.5, 0.6) is 0 Å². The number of carbonyl (C=O) groups excluding carboxylic acids is 1. The molecule has 1 aromatic carbocycles. The van der Waals surface area contributed by atoms with Crippen molar-refractivity contribution in [3.63, 3.8) is 0 Å². The van der Waals surface area contributed by atoms with E-state index < -0.39 is 5.41 Å². The Morgan fingerprint density at radius 1 is 1.30 bits per heavy atom. The van der Waals surface area contributed by atoms with Gasteiger partial charge >= 0.3 is 0 Å². The molecule has 3 nitrogen and oxygen atoms in total. The van der Waals surface area contributed by atoms with Gasteiger partial charge in [0.05, 0.1) is 5.41 Å². The fourth-order valence-electron chi connectivity index (χ4n) is 2.86. The quantitative estimate of drug-likeness (QED) is 0.898. The van der Waals surface area contributed by atoms with E-state index in [1.165, 1.54) is 0 Å². The lowest BCUT2D eigenvalue weighted by Gasteiger charge is -2.28. The Bertz CT molecular complexity index is 540. The van der Waals surface area contributed by atoms with Gasteiger partial charge in [-0.1, -0.05) is 32.9 Å². The Morgan fingerprint density at radius 3 is 2.40 bits per heavy atom. The highest BCUT2D eigenvalue weighted by Gasteiger charge is 2.43. The van der Waals surface area contributed by atoms with Crippen LogP contribution < -0.4 is 10.6 Å². The van der Waals surface area contributed by atoms with Gasteiger partial charge in [0.15, 0.2) is 0 Å². The van der Waals surface area contributed by atoms with Gasteiger partial charge in [-0.15, -0.1) is 0 Å². The Morgan fingerprint density at radius 2 is 1.90 bits per heavy atom. The van der Waals surface area contributed by atoms with Crippen LogP contribution in [-0.4, -0.2) is 12.5 Å². The Balaban J connectivity index is 2.53. The first kappa shape index (κ1) is 15.0. The number of benzene rings is 1. The second kappa shape index (κ2) is 4.59. The third-order valence-corrected chi connectivity index (χ3v) is 4.37. The third kappa shape index (κ3) is 2.14. The molecule has 0 saturated heterocycles. The Labute approximate surface area is 122 Å². The molecule has 1 atom stereocenters. The lowest BCUT2D eigenvalue weighted by Crippen LogP contribution is -2.35. The zero-order chi connectivity index (χ0) is 15.3. The first-order chi connectivity index (χ1) is 9.10. The van der Waals surface area contributed by atoms with Crippen molar-refractivity contribution >= 4 is 11.6 Å². The maximum Gasteiger partial charge on any atom is 0.237 e. The number of rotatable bonds is 2. The highest BCUT2D eigenvalue weighted by atomic mass is 16.2. The summed E-state index contributed by atoms with van der Waals surface area (Å²) in [4.78, 5) is 14.4. The van der Waals surface area contributed by atoms with E-state index in [9.17, 15) is 4.79 Å². The lowest BCUT2D eigenvalue weighted by atomic mass is 9.80. The number of likely N-dealkylation sites (N-methyl/N-ethyl adjacent to an activating group) is 1. The summed E-state index contributed by atoms with van der Waals surface area (Å²) in [6, 6.07) is 6.20. The molecule has 1 heterocycles. The number of nitrogens with two attached hydrogens (primary N) is 1. The van der Waals surface area contributed by atoms with E-state index in [0.717, 1.165) is 16.8 Å². The van der Waals surface area contributed by atoms with Crippen molar-refractivity contribution in [3.05, 3.63) is 29.3 Å². The van der Waals surface area contributed by atoms with Crippen molar-refractivity contribution in [1.82, 2.24) is 0 Å². The smallest absolute Gasteiger partial charge is 0.237 e. The molecule has 1 aliphatic rings. The summed E-state index contributed by atoms with van der Waals surface area (Å²) in [7, 11) is 0. The van der Waals surface area contributed by atoms with Gasteiger partial charge in [-0.25, -0.2) is 0 Å². The summed E-state index contributed by atoms with van der Waals surface area (Å²) in [6.45, 7) is 13.1. The van der Waals surface area contributed by atoms with Crippen molar-refractivity contribution < 1.29 is 4.79 Å². The predicted molar refractivity (Wildman–Crippen MR) is 83.9 cm³/mol. The van der Waals surface area contributed by atoms with Crippen molar-refractivity contribution in [3.8, 4) is 0 Å². The predicted octanol–water partition coefficient (Wildman–Crippen LogP) is 3.38. The summed E-state index contributed by atoms with van der Waals surface area (Å²) in [6.07, 6.45) is 0. The van der Waals surface area contributed by atoms with Crippen LogP contribution in [0.2, 0.25) is 0 Å². The lowest BCUT2D eigenvalue weighted by molar-refractivity contribution is -0.122. The molecule has 110 valence electrons. The van der Waals surface area contributed by atoms with Crippen LogP contribution in [0.15, 0.2) is 18.2 Å². The standard InChI is InChI=1S/C17H26N2O/c1-7-19-13-9-8-11(14(18)16(2,3)4)10-12(13)17(5,6)15(19)20/h8-10,14H,7,18H2,1-6H3.